The normalized spacial score (nSPS) is 14.9. The van der Waals surface area contributed by atoms with Crippen molar-refractivity contribution in [2.45, 2.75) is 17.4 Å². The minimum atomic E-state index is -1.29. The fourth-order valence-corrected chi connectivity index (χ4v) is 3.24. The van der Waals surface area contributed by atoms with Gasteiger partial charge < -0.3 is 20.5 Å². The standard InChI is InChI=1S/C17H13F3N2O4S.ClH/c18-10-3-1-8(7-11(10)19)21-16(23)9-2-4-13(27-20)14-12(22-17(24)25)5-6-26-15(9)14;/h1-4,7,12,22H,5-6H2,(H,21,23)(H,24,25);1H/t12-;/m0./s1. The van der Waals surface area contributed by atoms with Crippen LogP contribution in [0.2, 0.25) is 0 Å². The van der Waals surface area contributed by atoms with Crippen LogP contribution in [-0.4, -0.2) is 23.7 Å². The minimum Gasteiger partial charge on any atom is -0.492 e. The van der Waals surface area contributed by atoms with E-state index in [1.165, 1.54) is 18.2 Å². The molecule has 11 heteroatoms. The van der Waals surface area contributed by atoms with E-state index in [9.17, 15) is 22.3 Å². The van der Waals surface area contributed by atoms with Crippen LogP contribution in [-0.2, 0) is 0 Å². The van der Waals surface area contributed by atoms with E-state index in [1.54, 1.807) is 0 Å². The summed E-state index contributed by atoms with van der Waals surface area (Å²) in [5.74, 6) is -2.83. The highest BCUT2D eigenvalue weighted by molar-refractivity contribution is 7.94. The van der Waals surface area contributed by atoms with Crippen molar-refractivity contribution >= 4 is 42.2 Å². The van der Waals surface area contributed by atoms with Gasteiger partial charge in [-0.05, 0) is 24.3 Å². The van der Waals surface area contributed by atoms with Crippen LogP contribution in [0.25, 0.3) is 0 Å². The molecular formula is C17H14ClF3N2O4S. The lowest BCUT2D eigenvalue weighted by Gasteiger charge is -2.28. The van der Waals surface area contributed by atoms with Crippen molar-refractivity contribution in [2.75, 3.05) is 11.9 Å². The Morgan fingerprint density at radius 3 is 2.57 bits per heavy atom. The van der Waals surface area contributed by atoms with E-state index in [1.807, 2.05) is 0 Å². The summed E-state index contributed by atoms with van der Waals surface area (Å²) in [4.78, 5) is 23.7. The summed E-state index contributed by atoms with van der Waals surface area (Å²) in [6.07, 6.45) is -1.03. The van der Waals surface area contributed by atoms with Gasteiger partial charge in [0.2, 0.25) is 0 Å². The number of carbonyl (C=O) groups excluding carboxylic acids is 1. The number of ether oxygens (including phenoxy) is 1. The van der Waals surface area contributed by atoms with Crippen LogP contribution in [0.3, 0.4) is 0 Å². The van der Waals surface area contributed by atoms with Gasteiger partial charge in [-0.2, -0.15) is 3.89 Å². The molecule has 28 heavy (non-hydrogen) atoms. The highest BCUT2D eigenvalue weighted by Crippen LogP contribution is 2.42. The van der Waals surface area contributed by atoms with Crippen molar-refractivity contribution in [3.05, 3.63) is 53.1 Å². The van der Waals surface area contributed by atoms with E-state index < -0.39 is 29.7 Å². The summed E-state index contributed by atoms with van der Waals surface area (Å²) >= 11 is -0.0937. The second kappa shape index (κ2) is 9.07. The zero-order valence-corrected chi connectivity index (χ0v) is 15.6. The Morgan fingerprint density at radius 2 is 1.93 bits per heavy atom. The Hall–Kier alpha value is -2.59. The molecule has 0 radical (unpaired) electrons. The smallest absolute Gasteiger partial charge is 0.405 e. The van der Waals surface area contributed by atoms with E-state index in [4.69, 9.17) is 9.84 Å². The molecule has 150 valence electrons. The number of amides is 2. The maximum absolute atomic E-state index is 13.3. The van der Waals surface area contributed by atoms with E-state index in [-0.39, 0.29) is 65.0 Å². The number of carboxylic acid groups (broad SMARTS) is 1. The number of anilines is 1. The van der Waals surface area contributed by atoms with Crippen LogP contribution in [0.15, 0.2) is 35.2 Å². The van der Waals surface area contributed by atoms with Crippen LogP contribution in [0.1, 0.15) is 28.4 Å². The number of fused-ring (bicyclic) bond motifs is 1. The Bertz CT molecular complexity index is 916. The minimum absolute atomic E-state index is 0. The molecule has 3 N–H and O–H groups in total. The molecule has 2 aromatic rings. The van der Waals surface area contributed by atoms with E-state index in [0.29, 0.717) is 0 Å². The second-order valence-electron chi connectivity index (χ2n) is 5.65. The highest BCUT2D eigenvalue weighted by Gasteiger charge is 2.30. The fourth-order valence-electron chi connectivity index (χ4n) is 2.80. The molecule has 0 spiro atoms. The molecule has 0 aromatic heterocycles. The van der Waals surface area contributed by atoms with Crippen LogP contribution in [0.5, 0.6) is 5.75 Å². The molecule has 0 bridgehead atoms. The maximum Gasteiger partial charge on any atom is 0.405 e. The molecular weight excluding hydrogens is 421 g/mol. The SMILES string of the molecule is Cl.O=C(O)N[C@H]1CCOc2c(C(=O)Nc3ccc(F)c(F)c3)ccc(SF)c21. The molecule has 3 rings (SSSR count). The van der Waals surface area contributed by atoms with Gasteiger partial charge in [0.1, 0.15) is 5.75 Å². The van der Waals surface area contributed by atoms with Gasteiger partial charge in [-0.1, -0.05) is 0 Å². The van der Waals surface area contributed by atoms with Crippen molar-refractivity contribution in [1.82, 2.24) is 5.32 Å². The Morgan fingerprint density at radius 1 is 1.18 bits per heavy atom. The van der Waals surface area contributed by atoms with Gasteiger partial charge in [-0.15, -0.1) is 12.4 Å². The lowest BCUT2D eigenvalue weighted by Crippen LogP contribution is -2.32. The predicted molar refractivity (Wildman–Crippen MR) is 99.0 cm³/mol. The molecule has 0 saturated heterocycles. The average Bonchev–Trinajstić information content (AvgIpc) is 2.63. The third-order valence-electron chi connectivity index (χ3n) is 3.96. The Labute approximate surface area is 168 Å². The third-order valence-corrected chi connectivity index (χ3v) is 4.48. The second-order valence-corrected chi connectivity index (χ2v) is 6.25. The number of halogens is 4. The monoisotopic (exact) mass is 434 g/mol. The Balaban J connectivity index is 0.00000280. The number of hydrogen-bond donors (Lipinski definition) is 3. The summed E-state index contributed by atoms with van der Waals surface area (Å²) in [6.45, 7) is 0.115. The molecule has 0 saturated carbocycles. The molecule has 1 atom stereocenters. The third kappa shape index (κ3) is 4.45. The van der Waals surface area contributed by atoms with Crippen molar-refractivity contribution < 1.29 is 32.1 Å². The lowest BCUT2D eigenvalue weighted by atomic mass is 9.97. The average molecular weight is 435 g/mol. The van der Waals surface area contributed by atoms with Gasteiger partial charge >= 0.3 is 6.09 Å². The fraction of sp³-hybridized carbons (Fsp3) is 0.176. The van der Waals surface area contributed by atoms with Gasteiger partial charge in [0, 0.05) is 28.6 Å². The molecule has 6 nitrogen and oxygen atoms in total. The van der Waals surface area contributed by atoms with Crippen molar-refractivity contribution in [3.63, 3.8) is 0 Å². The summed E-state index contributed by atoms with van der Waals surface area (Å²) in [5, 5.41) is 13.7. The van der Waals surface area contributed by atoms with E-state index in [0.717, 1.165) is 12.1 Å². The lowest BCUT2D eigenvalue weighted by molar-refractivity contribution is 0.102. The quantitative estimate of drug-likeness (QED) is 0.649. The predicted octanol–water partition coefficient (Wildman–Crippen LogP) is 4.71. The summed E-state index contributed by atoms with van der Waals surface area (Å²) in [7, 11) is 0. The molecule has 1 aliphatic rings. The first kappa shape index (κ1) is 21.7. The zero-order chi connectivity index (χ0) is 19.6. The first-order valence-corrected chi connectivity index (χ1v) is 8.46. The van der Waals surface area contributed by atoms with Gasteiger partial charge in [-0.25, -0.2) is 13.6 Å². The topological polar surface area (TPSA) is 87.7 Å². The van der Waals surface area contributed by atoms with E-state index in [2.05, 4.69) is 10.6 Å². The molecule has 0 aliphatic carbocycles. The summed E-state index contributed by atoms with van der Waals surface area (Å²) < 4.78 is 45.1. The van der Waals surface area contributed by atoms with Crippen molar-refractivity contribution in [1.29, 1.82) is 0 Å². The molecule has 0 unspecified atom stereocenters. The molecule has 1 aliphatic heterocycles. The molecule has 0 fully saturated rings. The van der Waals surface area contributed by atoms with Crippen molar-refractivity contribution in [3.8, 4) is 5.75 Å². The molecule has 2 amide bonds. The van der Waals surface area contributed by atoms with Gasteiger partial charge in [0.15, 0.2) is 11.6 Å². The van der Waals surface area contributed by atoms with E-state index >= 15 is 0 Å². The Kier molecular flexibility index (Phi) is 7.03. The number of carbonyl (C=O) groups is 2. The van der Waals surface area contributed by atoms with Crippen LogP contribution >= 0.6 is 24.6 Å². The maximum atomic E-state index is 13.3. The van der Waals surface area contributed by atoms with Gasteiger partial charge in [0.25, 0.3) is 5.91 Å². The van der Waals surface area contributed by atoms with Crippen molar-refractivity contribution in [2.24, 2.45) is 0 Å². The molecule has 2 aromatic carbocycles. The number of benzene rings is 2. The zero-order valence-electron chi connectivity index (χ0n) is 14.0. The van der Waals surface area contributed by atoms with Crippen LogP contribution < -0.4 is 15.4 Å². The first-order valence-electron chi connectivity index (χ1n) is 7.75. The molecule has 1 heterocycles. The summed E-state index contributed by atoms with van der Waals surface area (Å²) in [5.41, 5.74) is 0.256. The highest BCUT2D eigenvalue weighted by atomic mass is 35.5. The summed E-state index contributed by atoms with van der Waals surface area (Å²) in [6, 6.07) is 4.77. The first-order chi connectivity index (χ1) is 12.9. The van der Waals surface area contributed by atoms with Gasteiger partial charge in [-0.3, -0.25) is 4.79 Å². The number of rotatable bonds is 4. The largest absolute Gasteiger partial charge is 0.492 e. The van der Waals surface area contributed by atoms with Gasteiger partial charge in [0.05, 0.1) is 30.4 Å². The number of nitrogens with one attached hydrogen (secondary N) is 2. The van der Waals surface area contributed by atoms with Crippen LogP contribution in [0, 0.1) is 11.6 Å². The van der Waals surface area contributed by atoms with Crippen LogP contribution in [0.4, 0.5) is 23.1 Å². The number of hydrogen-bond acceptors (Lipinski definition) is 4.